The number of anilines is 1. The van der Waals surface area contributed by atoms with Gasteiger partial charge in [0, 0.05) is 31.5 Å². The maximum absolute atomic E-state index is 11.6. The molecule has 1 aromatic rings. The molecule has 21 heavy (non-hydrogen) atoms. The van der Waals surface area contributed by atoms with Crippen LogP contribution in [0.15, 0.2) is 23.2 Å². The van der Waals surface area contributed by atoms with Gasteiger partial charge in [-0.05, 0) is 12.1 Å². The van der Waals surface area contributed by atoms with Crippen LogP contribution in [0.3, 0.4) is 0 Å². The maximum Gasteiger partial charge on any atom is 0.314 e. The van der Waals surface area contributed by atoms with E-state index in [4.69, 9.17) is 4.74 Å². The van der Waals surface area contributed by atoms with Crippen molar-refractivity contribution in [2.24, 2.45) is 11.3 Å². The van der Waals surface area contributed by atoms with Crippen LogP contribution in [0.1, 0.15) is 0 Å². The van der Waals surface area contributed by atoms with Gasteiger partial charge in [-0.3, -0.25) is 4.79 Å². The number of carbonyl (C=O) groups is 1. The van der Waals surface area contributed by atoms with E-state index in [1.807, 2.05) is 4.90 Å². The standard InChI is InChI=1S/C13H16N2O5S/c1-21(18,19)10-2-3-11(14-4-10)15-5-9-6-20-8-13(9,7-15)12(16)17/h2-4,9H,5-8H2,1H3,(H,16,17)/t9-,13-/m1/s1. The van der Waals surface area contributed by atoms with Crippen molar-refractivity contribution in [3.8, 4) is 0 Å². The van der Waals surface area contributed by atoms with Gasteiger partial charge in [0.2, 0.25) is 0 Å². The van der Waals surface area contributed by atoms with Gasteiger partial charge in [0.1, 0.15) is 11.2 Å². The van der Waals surface area contributed by atoms with Crippen LogP contribution in [-0.4, -0.2) is 57.0 Å². The number of pyridine rings is 1. The summed E-state index contributed by atoms with van der Waals surface area (Å²) in [6, 6.07) is 3.11. The summed E-state index contributed by atoms with van der Waals surface area (Å²) in [7, 11) is -3.28. The van der Waals surface area contributed by atoms with Crippen LogP contribution in [-0.2, 0) is 19.4 Å². The van der Waals surface area contributed by atoms with E-state index >= 15 is 0 Å². The molecule has 0 saturated carbocycles. The summed E-state index contributed by atoms with van der Waals surface area (Å²) in [5.74, 6) is -0.316. The molecule has 7 nitrogen and oxygen atoms in total. The van der Waals surface area contributed by atoms with Crippen molar-refractivity contribution in [2.75, 3.05) is 37.5 Å². The number of hydrogen-bond donors (Lipinski definition) is 1. The summed E-state index contributed by atoms with van der Waals surface area (Å²) in [4.78, 5) is 17.8. The lowest BCUT2D eigenvalue weighted by atomic mass is 9.81. The highest BCUT2D eigenvalue weighted by Crippen LogP contribution is 2.42. The Morgan fingerprint density at radius 2 is 2.29 bits per heavy atom. The second kappa shape index (κ2) is 4.67. The zero-order valence-corrected chi connectivity index (χ0v) is 12.3. The third-order valence-corrected chi connectivity index (χ3v) is 5.37. The molecule has 3 rings (SSSR count). The average molecular weight is 312 g/mol. The topological polar surface area (TPSA) is 96.8 Å². The fourth-order valence-electron chi connectivity index (χ4n) is 2.99. The molecular formula is C13H16N2O5S. The van der Waals surface area contributed by atoms with E-state index in [2.05, 4.69) is 4.98 Å². The van der Waals surface area contributed by atoms with Gasteiger partial charge in [-0.1, -0.05) is 0 Å². The normalized spacial score (nSPS) is 28.6. The number of fused-ring (bicyclic) bond motifs is 1. The molecule has 0 unspecified atom stereocenters. The Morgan fingerprint density at radius 1 is 1.52 bits per heavy atom. The monoisotopic (exact) mass is 312 g/mol. The molecule has 0 aromatic carbocycles. The van der Waals surface area contributed by atoms with Crippen molar-refractivity contribution < 1.29 is 23.1 Å². The Hall–Kier alpha value is -1.67. The molecule has 0 aliphatic carbocycles. The Balaban J connectivity index is 1.85. The second-order valence-corrected chi connectivity index (χ2v) is 7.69. The molecule has 0 bridgehead atoms. The molecule has 2 atom stereocenters. The van der Waals surface area contributed by atoms with Crippen molar-refractivity contribution in [1.82, 2.24) is 4.98 Å². The fourth-order valence-corrected chi connectivity index (χ4v) is 3.55. The zero-order chi connectivity index (χ0) is 15.3. The summed E-state index contributed by atoms with van der Waals surface area (Å²) < 4.78 is 28.2. The first-order chi connectivity index (χ1) is 9.83. The summed E-state index contributed by atoms with van der Waals surface area (Å²) in [5.41, 5.74) is -0.878. The van der Waals surface area contributed by atoms with Crippen LogP contribution in [0.5, 0.6) is 0 Å². The third kappa shape index (κ3) is 2.28. The average Bonchev–Trinajstić information content (AvgIpc) is 2.95. The lowest BCUT2D eigenvalue weighted by Crippen LogP contribution is -2.39. The van der Waals surface area contributed by atoms with Crippen molar-refractivity contribution in [1.29, 1.82) is 0 Å². The van der Waals surface area contributed by atoms with Crippen LogP contribution in [0.2, 0.25) is 0 Å². The fraction of sp³-hybridized carbons (Fsp3) is 0.538. The molecule has 2 saturated heterocycles. The molecule has 0 amide bonds. The van der Waals surface area contributed by atoms with Gasteiger partial charge >= 0.3 is 5.97 Å². The molecular weight excluding hydrogens is 296 g/mol. The number of carboxylic acids is 1. The molecule has 3 heterocycles. The van der Waals surface area contributed by atoms with Gasteiger partial charge in [-0.15, -0.1) is 0 Å². The van der Waals surface area contributed by atoms with E-state index in [1.54, 1.807) is 6.07 Å². The van der Waals surface area contributed by atoms with Crippen molar-refractivity contribution >= 4 is 21.6 Å². The van der Waals surface area contributed by atoms with Gasteiger partial charge in [0.25, 0.3) is 0 Å². The van der Waals surface area contributed by atoms with Crippen molar-refractivity contribution in [3.05, 3.63) is 18.3 Å². The second-order valence-electron chi connectivity index (χ2n) is 5.68. The third-order valence-electron chi connectivity index (χ3n) is 4.27. The zero-order valence-electron chi connectivity index (χ0n) is 11.5. The SMILES string of the molecule is CS(=O)(=O)c1ccc(N2C[C@@H]3COC[C@]3(C(=O)O)C2)nc1. The molecule has 2 aliphatic heterocycles. The molecule has 1 N–H and O–H groups in total. The van der Waals surface area contributed by atoms with Crippen LogP contribution in [0.4, 0.5) is 5.82 Å². The minimum absolute atomic E-state index is 0.0635. The lowest BCUT2D eigenvalue weighted by Gasteiger charge is -2.22. The Kier molecular flexibility index (Phi) is 3.18. The molecule has 0 radical (unpaired) electrons. The maximum atomic E-state index is 11.6. The number of nitrogens with zero attached hydrogens (tertiary/aromatic N) is 2. The van der Waals surface area contributed by atoms with Crippen LogP contribution in [0.25, 0.3) is 0 Å². The molecule has 114 valence electrons. The van der Waals surface area contributed by atoms with Crippen LogP contribution in [0, 0.1) is 11.3 Å². The van der Waals surface area contributed by atoms with Crippen LogP contribution >= 0.6 is 0 Å². The smallest absolute Gasteiger partial charge is 0.314 e. The predicted octanol–water partition coefficient (Wildman–Crippen LogP) is 0.0225. The summed E-state index contributed by atoms with van der Waals surface area (Å²) in [6.07, 6.45) is 2.43. The number of ether oxygens (including phenoxy) is 1. The summed E-state index contributed by atoms with van der Waals surface area (Å²) in [5, 5.41) is 9.48. The number of aliphatic carboxylic acids is 1. The first kappa shape index (κ1) is 14.3. The first-order valence-corrected chi connectivity index (χ1v) is 8.44. The predicted molar refractivity (Wildman–Crippen MR) is 73.9 cm³/mol. The van der Waals surface area contributed by atoms with Gasteiger partial charge in [0.05, 0.1) is 18.1 Å². The first-order valence-electron chi connectivity index (χ1n) is 6.55. The number of sulfone groups is 1. The highest BCUT2D eigenvalue weighted by Gasteiger charge is 2.56. The van der Waals surface area contributed by atoms with Gasteiger partial charge in [0.15, 0.2) is 9.84 Å². The Bertz CT molecular complexity index is 672. The van der Waals surface area contributed by atoms with E-state index in [-0.39, 0.29) is 17.4 Å². The van der Waals surface area contributed by atoms with E-state index in [0.717, 1.165) is 6.26 Å². The molecule has 2 fully saturated rings. The molecule has 2 aliphatic rings. The molecule has 1 aromatic heterocycles. The quantitative estimate of drug-likeness (QED) is 0.840. The Labute approximate surface area is 122 Å². The minimum Gasteiger partial charge on any atom is -0.481 e. The van der Waals surface area contributed by atoms with Gasteiger partial charge < -0.3 is 14.7 Å². The highest BCUT2D eigenvalue weighted by molar-refractivity contribution is 7.90. The van der Waals surface area contributed by atoms with E-state index in [0.29, 0.717) is 25.5 Å². The number of carboxylic acid groups (broad SMARTS) is 1. The van der Waals surface area contributed by atoms with Gasteiger partial charge in [-0.25, -0.2) is 13.4 Å². The largest absolute Gasteiger partial charge is 0.481 e. The summed E-state index contributed by atoms with van der Waals surface area (Å²) in [6.45, 7) is 1.53. The van der Waals surface area contributed by atoms with Gasteiger partial charge in [-0.2, -0.15) is 0 Å². The van der Waals surface area contributed by atoms with Crippen LogP contribution < -0.4 is 4.90 Å². The van der Waals surface area contributed by atoms with E-state index < -0.39 is 21.2 Å². The number of rotatable bonds is 3. The van der Waals surface area contributed by atoms with E-state index in [1.165, 1.54) is 12.3 Å². The minimum atomic E-state index is -3.28. The number of hydrogen-bond acceptors (Lipinski definition) is 6. The lowest BCUT2D eigenvalue weighted by molar-refractivity contribution is -0.149. The highest BCUT2D eigenvalue weighted by atomic mass is 32.2. The molecule has 0 spiro atoms. The number of aromatic nitrogens is 1. The Morgan fingerprint density at radius 3 is 2.81 bits per heavy atom. The molecule has 8 heteroatoms. The summed E-state index contributed by atoms with van der Waals surface area (Å²) >= 11 is 0. The van der Waals surface area contributed by atoms with Crippen molar-refractivity contribution in [2.45, 2.75) is 4.90 Å². The van der Waals surface area contributed by atoms with Crippen molar-refractivity contribution in [3.63, 3.8) is 0 Å². The van der Waals surface area contributed by atoms with E-state index in [9.17, 15) is 18.3 Å².